The Hall–Kier alpha value is -3.73. The van der Waals surface area contributed by atoms with Gasteiger partial charge in [0.1, 0.15) is 5.69 Å². The number of para-hydroxylation sites is 1. The van der Waals surface area contributed by atoms with Gasteiger partial charge in [-0.2, -0.15) is 0 Å². The third-order valence-corrected chi connectivity index (χ3v) is 6.66. The van der Waals surface area contributed by atoms with Crippen molar-refractivity contribution >= 4 is 28.0 Å². The number of hydrogen-bond acceptors (Lipinski definition) is 5. The molecular formula is C35H50N4O. The molecule has 5 nitrogen and oxygen atoms in total. The molecule has 3 rings (SSSR count). The Morgan fingerprint density at radius 1 is 0.975 bits per heavy atom. The number of anilines is 1. The molecule has 2 N–H and O–H groups in total. The van der Waals surface area contributed by atoms with Crippen LogP contribution >= 0.6 is 0 Å². The van der Waals surface area contributed by atoms with Crippen molar-refractivity contribution in [2.24, 2.45) is 16.5 Å². The molecule has 0 saturated heterocycles. The lowest BCUT2D eigenvalue weighted by Gasteiger charge is -2.31. The van der Waals surface area contributed by atoms with E-state index in [4.69, 9.17) is 4.98 Å². The lowest BCUT2D eigenvalue weighted by Crippen LogP contribution is -2.23. The third kappa shape index (κ3) is 9.78. The van der Waals surface area contributed by atoms with Gasteiger partial charge in [0.15, 0.2) is 0 Å². The number of nitroso groups, excluding NO2 is 1. The van der Waals surface area contributed by atoms with Crippen LogP contribution in [-0.4, -0.2) is 4.98 Å². The van der Waals surface area contributed by atoms with Crippen LogP contribution in [0.25, 0.3) is 16.6 Å². The molecule has 0 aliphatic carbocycles. The zero-order valence-corrected chi connectivity index (χ0v) is 26.2. The molecule has 216 valence electrons. The Morgan fingerprint density at radius 2 is 1.60 bits per heavy atom. The summed E-state index contributed by atoms with van der Waals surface area (Å²) in [5.74, 6) is 0.572. The van der Waals surface area contributed by atoms with Crippen molar-refractivity contribution in [3.63, 3.8) is 0 Å². The van der Waals surface area contributed by atoms with Gasteiger partial charge < -0.3 is 10.6 Å². The second-order valence-electron chi connectivity index (χ2n) is 10.6. The predicted octanol–water partition coefficient (Wildman–Crippen LogP) is 10.7. The summed E-state index contributed by atoms with van der Waals surface area (Å²) in [5.41, 5.74) is 7.51. The van der Waals surface area contributed by atoms with Crippen LogP contribution in [0.15, 0.2) is 84.8 Å². The number of hydrogen-bond donors (Lipinski definition) is 2. The SMILES string of the molecule is C=C(Cc1ccc(NC(=C)c2cc(N=O)c3cccc(C)c3n2)cc1)NC(=C)CC(CC)C(C)(C)C.CC.CC. The van der Waals surface area contributed by atoms with E-state index in [9.17, 15) is 4.91 Å². The van der Waals surface area contributed by atoms with Gasteiger partial charge in [0.2, 0.25) is 0 Å². The van der Waals surface area contributed by atoms with Crippen LogP contribution in [0.3, 0.4) is 0 Å². The van der Waals surface area contributed by atoms with E-state index in [0.29, 0.717) is 29.4 Å². The van der Waals surface area contributed by atoms with Gasteiger partial charge >= 0.3 is 0 Å². The van der Waals surface area contributed by atoms with Gasteiger partial charge in [-0.1, -0.05) is 112 Å². The van der Waals surface area contributed by atoms with Crippen molar-refractivity contribution in [2.75, 3.05) is 5.32 Å². The number of aryl methyl sites for hydroxylation is 1. The third-order valence-electron chi connectivity index (χ3n) is 6.66. The fourth-order valence-corrected chi connectivity index (χ4v) is 4.50. The Kier molecular flexibility index (Phi) is 14.1. The first kappa shape index (κ1) is 34.3. The molecule has 0 saturated carbocycles. The van der Waals surface area contributed by atoms with Crippen LogP contribution in [0, 0.1) is 23.2 Å². The van der Waals surface area contributed by atoms with Gasteiger partial charge in [-0.25, -0.2) is 4.98 Å². The molecule has 2 aromatic carbocycles. The van der Waals surface area contributed by atoms with Crippen LogP contribution in [-0.2, 0) is 6.42 Å². The molecule has 0 aliphatic heterocycles. The number of allylic oxidation sites excluding steroid dienone is 2. The maximum atomic E-state index is 11.4. The smallest absolute Gasteiger partial charge is 0.119 e. The Morgan fingerprint density at radius 3 is 2.15 bits per heavy atom. The zero-order chi connectivity index (χ0) is 30.5. The lowest BCUT2D eigenvalue weighted by molar-refractivity contribution is 0.229. The summed E-state index contributed by atoms with van der Waals surface area (Å²) in [6, 6.07) is 15.5. The number of pyridine rings is 1. The van der Waals surface area contributed by atoms with E-state index in [-0.39, 0.29) is 5.41 Å². The highest BCUT2D eigenvalue weighted by Crippen LogP contribution is 2.33. The van der Waals surface area contributed by atoms with Crippen LogP contribution in [0.4, 0.5) is 11.4 Å². The van der Waals surface area contributed by atoms with Crippen molar-refractivity contribution in [3.8, 4) is 0 Å². The minimum absolute atomic E-state index is 0.250. The van der Waals surface area contributed by atoms with Gasteiger partial charge in [0, 0.05) is 28.9 Å². The summed E-state index contributed by atoms with van der Waals surface area (Å²) in [6.45, 7) is 31.6. The van der Waals surface area contributed by atoms with Gasteiger partial charge in [-0.3, -0.25) is 0 Å². The molecule has 0 fully saturated rings. The minimum Gasteiger partial charge on any atom is -0.363 e. The summed E-state index contributed by atoms with van der Waals surface area (Å²) in [4.78, 5) is 16.1. The van der Waals surface area contributed by atoms with Crippen LogP contribution in [0.2, 0.25) is 0 Å². The number of aromatic nitrogens is 1. The zero-order valence-electron chi connectivity index (χ0n) is 26.2. The minimum atomic E-state index is 0.250. The molecular weight excluding hydrogens is 492 g/mol. The van der Waals surface area contributed by atoms with Crippen molar-refractivity contribution in [2.45, 2.75) is 81.6 Å². The van der Waals surface area contributed by atoms with Gasteiger partial charge in [0.25, 0.3) is 0 Å². The Balaban J connectivity index is 0.00000191. The molecule has 0 amide bonds. The van der Waals surface area contributed by atoms with Crippen molar-refractivity contribution in [3.05, 3.63) is 101 Å². The maximum absolute atomic E-state index is 11.4. The standard InChI is InChI=1S/C31H38N4O.2C2H6/c1-9-25(31(6,7)8)18-22(4)32-21(3)17-24-13-15-26(16-14-24)33-23(5)28-19-29(35-36)27-12-10-11-20(2)30(27)34-28;2*1-2/h10-16,19,25,32-33H,3-5,9,17-18H2,1-2,6-8H3;2*1-2H3. The lowest BCUT2D eigenvalue weighted by atomic mass is 9.76. The van der Waals surface area contributed by atoms with Crippen molar-refractivity contribution in [1.82, 2.24) is 10.3 Å². The van der Waals surface area contributed by atoms with E-state index in [1.165, 1.54) is 0 Å². The number of fused-ring (bicyclic) bond motifs is 1. The molecule has 5 heteroatoms. The van der Waals surface area contributed by atoms with E-state index in [1.54, 1.807) is 6.07 Å². The Labute approximate surface area is 242 Å². The molecule has 40 heavy (non-hydrogen) atoms. The first-order valence-electron chi connectivity index (χ1n) is 14.4. The first-order valence-corrected chi connectivity index (χ1v) is 14.4. The average molecular weight is 543 g/mol. The molecule has 1 atom stereocenters. The number of benzene rings is 2. The first-order chi connectivity index (χ1) is 19.0. The summed E-state index contributed by atoms with van der Waals surface area (Å²) < 4.78 is 0. The number of nitrogens with one attached hydrogen (secondary N) is 2. The molecule has 1 heterocycles. The Bertz CT molecular complexity index is 1280. The molecule has 1 aromatic heterocycles. The molecule has 0 aliphatic rings. The van der Waals surface area contributed by atoms with E-state index in [0.717, 1.165) is 52.0 Å². The van der Waals surface area contributed by atoms with Crippen LogP contribution < -0.4 is 10.6 Å². The highest BCUT2D eigenvalue weighted by Gasteiger charge is 2.23. The summed E-state index contributed by atoms with van der Waals surface area (Å²) in [6.07, 6.45) is 2.78. The molecule has 1 unspecified atom stereocenters. The predicted molar refractivity (Wildman–Crippen MR) is 177 cm³/mol. The van der Waals surface area contributed by atoms with E-state index < -0.39 is 0 Å². The monoisotopic (exact) mass is 542 g/mol. The molecule has 3 aromatic rings. The largest absolute Gasteiger partial charge is 0.363 e. The number of nitrogens with zero attached hydrogens (tertiary/aromatic N) is 2. The summed E-state index contributed by atoms with van der Waals surface area (Å²) in [7, 11) is 0. The van der Waals surface area contributed by atoms with Crippen molar-refractivity contribution < 1.29 is 0 Å². The normalized spacial score (nSPS) is 11.2. The van der Waals surface area contributed by atoms with E-state index in [1.807, 2.05) is 65.0 Å². The summed E-state index contributed by atoms with van der Waals surface area (Å²) in [5, 5.41) is 10.6. The van der Waals surface area contributed by atoms with E-state index >= 15 is 0 Å². The van der Waals surface area contributed by atoms with Crippen LogP contribution in [0.1, 0.15) is 85.1 Å². The molecule has 0 radical (unpaired) electrons. The van der Waals surface area contributed by atoms with Crippen molar-refractivity contribution in [1.29, 1.82) is 0 Å². The van der Waals surface area contributed by atoms with Gasteiger partial charge in [0.05, 0.1) is 16.9 Å². The van der Waals surface area contributed by atoms with Gasteiger partial charge in [-0.15, -0.1) is 4.91 Å². The fourth-order valence-electron chi connectivity index (χ4n) is 4.50. The second-order valence-corrected chi connectivity index (χ2v) is 10.6. The second kappa shape index (κ2) is 16.4. The van der Waals surface area contributed by atoms with E-state index in [2.05, 4.69) is 75.4 Å². The number of rotatable bonds is 11. The topological polar surface area (TPSA) is 66.4 Å². The average Bonchev–Trinajstić information content (AvgIpc) is 2.94. The molecule has 0 spiro atoms. The highest BCUT2D eigenvalue weighted by atomic mass is 16.3. The summed E-state index contributed by atoms with van der Waals surface area (Å²) >= 11 is 0. The highest BCUT2D eigenvalue weighted by molar-refractivity contribution is 5.94. The van der Waals surface area contributed by atoms with Crippen LogP contribution in [0.5, 0.6) is 0 Å². The fraction of sp³-hybridized carbons (Fsp3) is 0.400. The van der Waals surface area contributed by atoms with Gasteiger partial charge in [-0.05, 0) is 59.2 Å². The maximum Gasteiger partial charge on any atom is 0.119 e. The quantitative estimate of drug-likeness (QED) is 0.236. The molecule has 0 bridgehead atoms.